The number of anilines is 1. The summed E-state index contributed by atoms with van der Waals surface area (Å²) in [5, 5.41) is 7.56. The van der Waals surface area contributed by atoms with Crippen LogP contribution in [0.15, 0.2) is 47.2 Å². The molecule has 1 N–H and O–H groups in total. The number of amides is 1. The van der Waals surface area contributed by atoms with Gasteiger partial charge in [0.1, 0.15) is 5.69 Å². The van der Waals surface area contributed by atoms with Gasteiger partial charge in [0.15, 0.2) is 5.76 Å². The largest absolute Gasteiger partial charge is 0.463 e. The summed E-state index contributed by atoms with van der Waals surface area (Å²) in [6, 6.07) is 9.23. The van der Waals surface area contributed by atoms with Crippen LogP contribution in [0.5, 0.6) is 0 Å². The van der Waals surface area contributed by atoms with Crippen molar-refractivity contribution in [2.24, 2.45) is 0 Å². The van der Waals surface area contributed by atoms with Gasteiger partial charge in [0.25, 0.3) is 5.91 Å². The SMILES string of the molecule is CC1(C)CN(C(=O)c2cn[nH]c2-c2ccco2)c2cccc(Cl)c21. The molecule has 4 rings (SSSR count). The van der Waals surface area contributed by atoms with Crippen molar-refractivity contribution in [1.82, 2.24) is 10.2 Å². The Balaban J connectivity index is 1.79. The van der Waals surface area contributed by atoms with Gasteiger partial charge < -0.3 is 9.32 Å². The number of fused-ring (bicyclic) bond motifs is 1. The second-order valence-corrected chi connectivity index (χ2v) is 6.95. The number of carbonyl (C=O) groups excluding carboxylic acids is 1. The Bertz CT molecular complexity index is 912. The fraction of sp³-hybridized carbons (Fsp3) is 0.222. The molecular formula is C18H16ClN3O2. The number of rotatable bonds is 2. The fourth-order valence-electron chi connectivity index (χ4n) is 3.35. The molecular weight excluding hydrogens is 326 g/mol. The van der Waals surface area contributed by atoms with Crippen molar-refractivity contribution >= 4 is 23.2 Å². The average Bonchev–Trinajstić information content (AvgIpc) is 3.24. The molecule has 0 saturated heterocycles. The normalized spacial score (nSPS) is 15.5. The molecule has 2 aromatic heterocycles. The molecule has 6 heteroatoms. The maximum atomic E-state index is 13.2. The van der Waals surface area contributed by atoms with E-state index in [-0.39, 0.29) is 11.3 Å². The molecule has 1 aliphatic heterocycles. The topological polar surface area (TPSA) is 62.1 Å². The third kappa shape index (κ3) is 2.16. The van der Waals surface area contributed by atoms with E-state index in [4.69, 9.17) is 16.0 Å². The van der Waals surface area contributed by atoms with Crippen molar-refractivity contribution < 1.29 is 9.21 Å². The summed E-state index contributed by atoms with van der Waals surface area (Å²) in [6.07, 6.45) is 3.11. The number of carbonyl (C=O) groups is 1. The maximum absolute atomic E-state index is 13.2. The van der Waals surface area contributed by atoms with Gasteiger partial charge in [-0.2, -0.15) is 5.10 Å². The van der Waals surface area contributed by atoms with Crippen LogP contribution in [0.25, 0.3) is 11.5 Å². The number of aromatic nitrogens is 2. The highest BCUT2D eigenvalue weighted by atomic mass is 35.5. The van der Waals surface area contributed by atoms with Crippen molar-refractivity contribution in [3.63, 3.8) is 0 Å². The number of benzene rings is 1. The van der Waals surface area contributed by atoms with E-state index in [1.807, 2.05) is 18.2 Å². The third-order valence-corrected chi connectivity index (χ3v) is 4.71. The Morgan fingerprint density at radius 3 is 2.92 bits per heavy atom. The molecule has 1 amide bonds. The molecule has 24 heavy (non-hydrogen) atoms. The Hall–Kier alpha value is -2.53. The first-order valence-electron chi connectivity index (χ1n) is 7.67. The molecule has 0 unspecified atom stereocenters. The minimum absolute atomic E-state index is 0.121. The van der Waals surface area contributed by atoms with Crippen LogP contribution in [0, 0.1) is 0 Å². The number of halogens is 1. The zero-order valence-electron chi connectivity index (χ0n) is 13.3. The number of furan rings is 1. The van der Waals surface area contributed by atoms with Gasteiger partial charge in [0.2, 0.25) is 0 Å². The van der Waals surface area contributed by atoms with Crippen molar-refractivity contribution in [2.45, 2.75) is 19.3 Å². The number of nitrogens with zero attached hydrogens (tertiary/aromatic N) is 2. The van der Waals surface area contributed by atoms with E-state index >= 15 is 0 Å². The summed E-state index contributed by atoms with van der Waals surface area (Å²) in [6.45, 7) is 4.75. The van der Waals surface area contributed by atoms with E-state index in [0.29, 0.717) is 28.6 Å². The quantitative estimate of drug-likeness (QED) is 0.757. The van der Waals surface area contributed by atoms with Crippen molar-refractivity contribution in [3.05, 3.63) is 58.9 Å². The Morgan fingerprint density at radius 1 is 1.33 bits per heavy atom. The Labute approximate surface area is 144 Å². The van der Waals surface area contributed by atoms with Gasteiger partial charge in [-0.3, -0.25) is 9.89 Å². The molecule has 0 atom stereocenters. The molecule has 0 spiro atoms. The van der Waals surface area contributed by atoms with Crippen LogP contribution < -0.4 is 4.90 Å². The van der Waals surface area contributed by atoms with Gasteiger partial charge in [0.05, 0.1) is 18.0 Å². The zero-order chi connectivity index (χ0) is 16.9. The zero-order valence-corrected chi connectivity index (χ0v) is 14.1. The molecule has 1 aliphatic rings. The molecule has 3 heterocycles. The lowest BCUT2D eigenvalue weighted by Crippen LogP contribution is -2.34. The van der Waals surface area contributed by atoms with Crippen LogP contribution in [-0.2, 0) is 5.41 Å². The first-order valence-corrected chi connectivity index (χ1v) is 8.05. The predicted molar refractivity (Wildman–Crippen MR) is 92.4 cm³/mol. The molecule has 0 aliphatic carbocycles. The smallest absolute Gasteiger partial charge is 0.262 e. The summed E-state index contributed by atoms with van der Waals surface area (Å²) < 4.78 is 5.40. The van der Waals surface area contributed by atoms with Gasteiger partial charge in [-0.05, 0) is 24.3 Å². The number of hydrogen-bond donors (Lipinski definition) is 1. The molecule has 0 fully saturated rings. The van der Waals surface area contributed by atoms with E-state index < -0.39 is 0 Å². The van der Waals surface area contributed by atoms with Gasteiger partial charge in [-0.1, -0.05) is 31.5 Å². The number of hydrogen-bond acceptors (Lipinski definition) is 3. The summed E-state index contributed by atoms with van der Waals surface area (Å²) in [4.78, 5) is 14.9. The fourth-order valence-corrected chi connectivity index (χ4v) is 3.78. The summed E-state index contributed by atoms with van der Waals surface area (Å²) >= 11 is 6.39. The van der Waals surface area contributed by atoms with Crippen LogP contribution in [-0.4, -0.2) is 22.6 Å². The monoisotopic (exact) mass is 341 g/mol. The van der Waals surface area contributed by atoms with Gasteiger partial charge in [-0.25, -0.2) is 0 Å². The van der Waals surface area contributed by atoms with Crippen LogP contribution in [0.1, 0.15) is 29.8 Å². The number of H-pyrrole nitrogens is 1. The number of aromatic amines is 1. The molecule has 1 aromatic carbocycles. The second kappa shape index (κ2) is 5.24. The van der Waals surface area contributed by atoms with E-state index in [1.165, 1.54) is 6.20 Å². The third-order valence-electron chi connectivity index (χ3n) is 4.40. The maximum Gasteiger partial charge on any atom is 0.262 e. The van der Waals surface area contributed by atoms with Gasteiger partial charge in [-0.15, -0.1) is 0 Å². The summed E-state index contributed by atoms with van der Waals surface area (Å²) in [7, 11) is 0. The molecule has 122 valence electrons. The van der Waals surface area contributed by atoms with Crippen molar-refractivity contribution in [1.29, 1.82) is 0 Å². The first-order chi connectivity index (χ1) is 11.5. The Morgan fingerprint density at radius 2 is 2.17 bits per heavy atom. The van der Waals surface area contributed by atoms with Crippen LogP contribution in [0.3, 0.4) is 0 Å². The highest BCUT2D eigenvalue weighted by molar-refractivity contribution is 6.32. The summed E-state index contributed by atoms with van der Waals surface area (Å²) in [5.74, 6) is 0.463. The van der Waals surface area contributed by atoms with Crippen LogP contribution >= 0.6 is 11.6 Å². The first kappa shape index (κ1) is 15.0. The molecule has 0 radical (unpaired) electrons. The van der Waals surface area contributed by atoms with E-state index in [9.17, 15) is 4.79 Å². The predicted octanol–water partition coefficient (Wildman–Crippen LogP) is 4.26. The molecule has 0 bridgehead atoms. The van der Waals surface area contributed by atoms with Crippen molar-refractivity contribution in [3.8, 4) is 11.5 Å². The average molecular weight is 342 g/mol. The van der Waals surface area contributed by atoms with Gasteiger partial charge in [0, 0.05) is 28.2 Å². The van der Waals surface area contributed by atoms with E-state index in [2.05, 4.69) is 24.0 Å². The lowest BCUT2D eigenvalue weighted by Gasteiger charge is -2.20. The van der Waals surface area contributed by atoms with Crippen LogP contribution in [0.4, 0.5) is 5.69 Å². The van der Waals surface area contributed by atoms with E-state index in [1.54, 1.807) is 23.3 Å². The van der Waals surface area contributed by atoms with E-state index in [0.717, 1.165) is 11.3 Å². The molecule has 3 aromatic rings. The standard InChI is InChI=1S/C18H16ClN3O2/c1-18(2)10-22(13-6-3-5-12(19)15(13)18)17(23)11-9-20-21-16(11)14-7-4-8-24-14/h3-9H,10H2,1-2H3,(H,20,21). The minimum atomic E-state index is -0.210. The van der Waals surface area contributed by atoms with Gasteiger partial charge >= 0.3 is 0 Å². The highest BCUT2D eigenvalue weighted by Crippen LogP contribution is 2.45. The highest BCUT2D eigenvalue weighted by Gasteiger charge is 2.40. The Kier molecular flexibility index (Phi) is 3.28. The van der Waals surface area contributed by atoms with Crippen LogP contribution in [0.2, 0.25) is 5.02 Å². The lowest BCUT2D eigenvalue weighted by atomic mass is 9.87. The molecule has 0 saturated carbocycles. The van der Waals surface area contributed by atoms with Crippen molar-refractivity contribution in [2.75, 3.05) is 11.4 Å². The summed E-state index contributed by atoms with van der Waals surface area (Å²) in [5.41, 5.74) is 2.71. The lowest BCUT2D eigenvalue weighted by molar-refractivity contribution is 0.0986. The minimum Gasteiger partial charge on any atom is -0.463 e. The second-order valence-electron chi connectivity index (χ2n) is 6.55. The molecule has 5 nitrogen and oxygen atoms in total. The number of nitrogens with one attached hydrogen (secondary N) is 1.